The van der Waals surface area contributed by atoms with Crippen LogP contribution < -0.4 is 0 Å². The van der Waals surface area contributed by atoms with Crippen molar-refractivity contribution in [2.45, 2.75) is 0 Å². The van der Waals surface area contributed by atoms with Gasteiger partial charge in [-0.1, -0.05) is 24.3 Å². The van der Waals surface area contributed by atoms with Gasteiger partial charge in [0, 0.05) is 44.8 Å². The Morgan fingerprint density at radius 2 is 1.06 bits per heavy atom. The van der Waals surface area contributed by atoms with E-state index >= 15 is 0 Å². The van der Waals surface area contributed by atoms with Crippen LogP contribution in [-0.2, 0) is 44.8 Å². The van der Waals surface area contributed by atoms with Gasteiger partial charge in [-0.3, -0.25) is 0 Å². The molecule has 2 rings (SSSR count). The van der Waals surface area contributed by atoms with Crippen molar-refractivity contribution in [1.82, 2.24) is 0 Å². The molecule has 0 aliphatic rings. The normalized spacial score (nSPS) is 9.11. The zero-order valence-electron chi connectivity index (χ0n) is 8.78. The number of carboxylic acids is 2. The van der Waals surface area contributed by atoms with Gasteiger partial charge in [-0.15, -0.1) is 0 Å². The first-order valence-electron chi connectivity index (χ1n) is 4.59. The summed E-state index contributed by atoms with van der Waals surface area (Å²) >= 11 is 0. The van der Waals surface area contributed by atoms with Crippen LogP contribution in [-0.4, -0.2) is 22.2 Å². The summed E-state index contributed by atoms with van der Waals surface area (Å²) in [5.41, 5.74) is 0.223. The minimum Gasteiger partial charge on any atom is -0.478 e. The number of rotatable bonds is 2. The van der Waals surface area contributed by atoms with Gasteiger partial charge in [0.1, 0.15) is 0 Å². The molecule has 0 aliphatic heterocycles. The Balaban J connectivity index is 0.00000144. The topological polar surface area (TPSA) is 74.6 Å². The second-order valence-corrected chi connectivity index (χ2v) is 3.32. The molecule has 102 valence electrons. The summed E-state index contributed by atoms with van der Waals surface area (Å²) in [6.07, 6.45) is 0. The minimum absolute atomic E-state index is 0. The predicted octanol–water partition coefficient (Wildman–Crippen LogP) is 2.23. The Morgan fingerprint density at radius 1 is 0.722 bits per heavy atom. The van der Waals surface area contributed by atoms with Gasteiger partial charge in [0.25, 0.3) is 0 Å². The predicted molar refractivity (Wildman–Crippen MR) is 57.9 cm³/mol. The maximum atomic E-state index is 10.9. The van der Waals surface area contributed by atoms with E-state index in [-0.39, 0.29) is 55.9 Å². The van der Waals surface area contributed by atoms with Crippen molar-refractivity contribution < 1.29 is 64.6 Å². The molecular formula is C12H8Ag2O4. The molecule has 0 bridgehead atoms. The Kier molecular flexibility index (Phi) is 6.56. The second-order valence-electron chi connectivity index (χ2n) is 3.32. The minimum atomic E-state index is -1.06. The van der Waals surface area contributed by atoms with Crippen molar-refractivity contribution in [1.29, 1.82) is 0 Å². The third kappa shape index (κ3) is 3.11. The van der Waals surface area contributed by atoms with Gasteiger partial charge in [-0.2, -0.15) is 0 Å². The Bertz CT molecular complexity index is 543. The summed E-state index contributed by atoms with van der Waals surface area (Å²) in [5.74, 6) is -2.12. The monoisotopic (exact) mass is 430 g/mol. The molecule has 0 heterocycles. The van der Waals surface area contributed by atoms with Crippen LogP contribution in [0.4, 0.5) is 0 Å². The Hall–Kier alpha value is -0.879. The van der Waals surface area contributed by atoms with Gasteiger partial charge in [0.15, 0.2) is 0 Å². The first-order chi connectivity index (χ1) is 7.61. The van der Waals surface area contributed by atoms with Crippen molar-refractivity contribution in [3.8, 4) is 0 Å². The van der Waals surface area contributed by atoms with E-state index in [1.165, 1.54) is 12.1 Å². The van der Waals surface area contributed by atoms with Gasteiger partial charge in [-0.25, -0.2) is 9.59 Å². The third-order valence-corrected chi connectivity index (χ3v) is 2.38. The third-order valence-electron chi connectivity index (χ3n) is 2.38. The van der Waals surface area contributed by atoms with Crippen molar-refractivity contribution in [3.63, 3.8) is 0 Å². The molecule has 0 atom stereocenters. The van der Waals surface area contributed by atoms with Crippen molar-refractivity contribution in [3.05, 3.63) is 47.5 Å². The molecule has 18 heavy (non-hydrogen) atoms. The van der Waals surface area contributed by atoms with Crippen LogP contribution in [0.15, 0.2) is 36.4 Å². The van der Waals surface area contributed by atoms with Crippen LogP contribution in [0, 0.1) is 0 Å². The molecule has 2 aromatic carbocycles. The first kappa shape index (κ1) is 17.1. The molecule has 2 N–H and O–H groups in total. The SMILES string of the molecule is O=C(O)c1ccc(C(=O)O)c2ccccc12.[Ag].[Ag]. The van der Waals surface area contributed by atoms with Crippen LogP contribution >= 0.6 is 0 Å². The van der Waals surface area contributed by atoms with E-state index < -0.39 is 11.9 Å². The van der Waals surface area contributed by atoms with Crippen LogP contribution in [0.5, 0.6) is 0 Å². The number of benzene rings is 2. The molecule has 0 fully saturated rings. The zero-order chi connectivity index (χ0) is 11.7. The molecule has 0 spiro atoms. The van der Waals surface area contributed by atoms with Crippen molar-refractivity contribution in [2.24, 2.45) is 0 Å². The van der Waals surface area contributed by atoms with Gasteiger partial charge < -0.3 is 10.2 Å². The number of fused-ring (bicyclic) bond motifs is 1. The van der Waals surface area contributed by atoms with Gasteiger partial charge in [-0.05, 0) is 22.9 Å². The molecule has 0 saturated heterocycles. The molecule has 0 unspecified atom stereocenters. The van der Waals surface area contributed by atoms with E-state index in [2.05, 4.69) is 0 Å². The van der Waals surface area contributed by atoms with E-state index in [0.29, 0.717) is 10.8 Å². The maximum absolute atomic E-state index is 10.9. The molecule has 4 nitrogen and oxygen atoms in total. The Labute approximate surface area is 134 Å². The number of carboxylic acid groups (broad SMARTS) is 2. The fraction of sp³-hybridized carbons (Fsp3) is 0. The largest absolute Gasteiger partial charge is 0.478 e. The van der Waals surface area contributed by atoms with E-state index in [1.807, 2.05) is 0 Å². The van der Waals surface area contributed by atoms with E-state index in [0.717, 1.165) is 0 Å². The smallest absolute Gasteiger partial charge is 0.336 e. The average molecular weight is 432 g/mol. The fourth-order valence-corrected chi connectivity index (χ4v) is 1.67. The van der Waals surface area contributed by atoms with E-state index in [9.17, 15) is 9.59 Å². The first-order valence-corrected chi connectivity index (χ1v) is 4.59. The fourth-order valence-electron chi connectivity index (χ4n) is 1.67. The van der Waals surface area contributed by atoms with Crippen molar-refractivity contribution >= 4 is 22.7 Å². The van der Waals surface area contributed by atoms with Gasteiger partial charge in [0.2, 0.25) is 0 Å². The summed E-state index contributed by atoms with van der Waals surface area (Å²) in [7, 11) is 0. The summed E-state index contributed by atoms with van der Waals surface area (Å²) in [4.78, 5) is 21.9. The van der Waals surface area contributed by atoms with Crippen LogP contribution in [0.3, 0.4) is 0 Å². The van der Waals surface area contributed by atoms with E-state index in [4.69, 9.17) is 10.2 Å². The summed E-state index contributed by atoms with van der Waals surface area (Å²) in [5, 5.41) is 18.8. The molecule has 0 amide bonds. The van der Waals surface area contributed by atoms with Gasteiger partial charge >= 0.3 is 11.9 Å². The molecule has 2 radical (unpaired) electrons. The number of hydrogen-bond donors (Lipinski definition) is 2. The summed E-state index contributed by atoms with van der Waals surface area (Å²) in [6, 6.07) is 9.19. The van der Waals surface area contributed by atoms with Crippen LogP contribution in [0.1, 0.15) is 20.7 Å². The number of hydrogen-bond acceptors (Lipinski definition) is 2. The molecular weight excluding hydrogens is 424 g/mol. The van der Waals surface area contributed by atoms with E-state index in [1.54, 1.807) is 24.3 Å². The standard InChI is InChI=1S/C12H8O4.2Ag/c13-11(14)9-5-6-10(12(15)16)8-4-2-1-3-7(8)9;;/h1-6H,(H,13,14)(H,15,16);;. The van der Waals surface area contributed by atoms with Crippen LogP contribution in [0.2, 0.25) is 0 Å². The quantitative estimate of drug-likeness (QED) is 0.715. The molecule has 0 aromatic heterocycles. The summed E-state index contributed by atoms with van der Waals surface area (Å²) < 4.78 is 0. The maximum Gasteiger partial charge on any atom is 0.336 e. The zero-order valence-corrected chi connectivity index (χ0v) is 11.7. The van der Waals surface area contributed by atoms with Gasteiger partial charge in [0.05, 0.1) is 11.1 Å². The molecule has 2 aromatic rings. The number of aromatic carboxylic acids is 2. The molecule has 0 aliphatic carbocycles. The molecule has 6 heteroatoms. The Morgan fingerprint density at radius 3 is 1.33 bits per heavy atom. The average Bonchev–Trinajstić information content (AvgIpc) is 2.27. The summed E-state index contributed by atoms with van der Waals surface area (Å²) in [6.45, 7) is 0. The molecule has 0 saturated carbocycles. The number of carbonyl (C=O) groups is 2. The van der Waals surface area contributed by atoms with Crippen molar-refractivity contribution in [2.75, 3.05) is 0 Å². The van der Waals surface area contributed by atoms with Crippen LogP contribution in [0.25, 0.3) is 10.8 Å². The second kappa shape index (κ2) is 6.89.